The molecule has 4 heteroatoms. The molecule has 1 aliphatic carbocycles. The second-order valence-corrected chi connectivity index (χ2v) is 6.24. The van der Waals surface area contributed by atoms with Crippen LogP contribution in [0.15, 0.2) is 6.07 Å². The van der Waals surface area contributed by atoms with Crippen LogP contribution in [0.4, 0.5) is 0 Å². The normalized spacial score (nSPS) is 16.4. The molecule has 96 valence electrons. The van der Waals surface area contributed by atoms with Crippen molar-refractivity contribution in [3.05, 3.63) is 21.4 Å². The minimum absolute atomic E-state index is 0.0966. The number of aryl methyl sites for hydroxylation is 1. The van der Waals surface area contributed by atoms with Gasteiger partial charge in [-0.05, 0) is 36.8 Å². The summed E-state index contributed by atoms with van der Waals surface area (Å²) in [6, 6.07) is 4.16. The van der Waals surface area contributed by atoms with Gasteiger partial charge in [0.1, 0.15) is 5.54 Å². The van der Waals surface area contributed by atoms with E-state index in [9.17, 15) is 4.79 Å². The maximum Gasteiger partial charge on any atom is 0.262 e. The third-order valence-electron chi connectivity index (χ3n) is 3.29. The van der Waals surface area contributed by atoms with Crippen LogP contribution in [0.2, 0.25) is 0 Å². The summed E-state index contributed by atoms with van der Waals surface area (Å²) in [7, 11) is 0. The Hall–Kier alpha value is -1.34. The summed E-state index contributed by atoms with van der Waals surface area (Å²) in [6.45, 7) is 6.39. The van der Waals surface area contributed by atoms with Crippen LogP contribution in [0.3, 0.4) is 0 Å². The molecule has 0 bridgehead atoms. The number of hydrogen-bond donors (Lipinski definition) is 1. The van der Waals surface area contributed by atoms with Crippen molar-refractivity contribution in [1.29, 1.82) is 5.26 Å². The Balaban J connectivity index is 2.19. The van der Waals surface area contributed by atoms with E-state index in [2.05, 4.69) is 32.2 Å². The zero-order valence-electron chi connectivity index (χ0n) is 11.0. The molecule has 0 radical (unpaired) electrons. The summed E-state index contributed by atoms with van der Waals surface area (Å²) in [5.41, 5.74) is 0.674. The Morgan fingerprint density at radius 1 is 1.61 bits per heavy atom. The maximum atomic E-state index is 12.1. The lowest BCUT2D eigenvalue weighted by atomic mass is 10.1. The van der Waals surface area contributed by atoms with Crippen molar-refractivity contribution in [2.45, 2.75) is 51.5 Å². The maximum absolute atomic E-state index is 12.1. The van der Waals surface area contributed by atoms with Crippen LogP contribution in [0.5, 0.6) is 0 Å². The Morgan fingerprint density at radius 3 is 2.67 bits per heavy atom. The molecule has 1 fully saturated rings. The van der Waals surface area contributed by atoms with Crippen molar-refractivity contribution in [3.8, 4) is 6.07 Å². The lowest BCUT2D eigenvalue weighted by Gasteiger charge is -2.07. The SMILES string of the molecule is CCc1cc(C(=O)NC2(C#N)CC2)sc1C(C)C. The number of nitriles is 1. The minimum atomic E-state index is -0.578. The number of nitrogens with one attached hydrogen (secondary N) is 1. The van der Waals surface area contributed by atoms with Crippen LogP contribution >= 0.6 is 11.3 Å². The van der Waals surface area contributed by atoms with E-state index in [0.717, 1.165) is 24.1 Å². The molecule has 1 amide bonds. The molecule has 0 spiro atoms. The van der Waals surface area contributed by atoms with Gasteiger partial charge in [-0.25, -0.2) is 0 Å². The average Bonchev–Trinajstić information content (AvgIpc) is 2.97. The highest BCUT2D eigenvalue weighted by Gasteiger charge is 2.45. The zero-order valence-corrected chi connectivity index (χ0v) is 11.9. The Morgan fingerprint density at radius 2 is 2.28 bits per heavy atom. The molecule has 1 heterocycles. The van der Waals surface area contributed by atoms with E-state index in [-0.39, 0.29) is 5.91 Å². The van der Waals surface area contributed by atoms with Gasteiger partial charge in [-0.15, -0.1) is 11.3 Å². The van der Waals surface area contributed by atoms with Crippen molar-refractivity contribution in [2.24, 2.45) is 0 Å². The standard InChI is InChI=1S/C14H18N2OS/c1-4-10-7-11(18-12(10)9(2)3)13(17)16-14(8-15)5-6-14/h7,9H,4-6H2,1-3H3,(H,16,17). The number of carbonyl (C=O) groups excluding carboxylic acids is 1. The molecule has 1 aliphatic rings. The molecule has 1 aromatic heterocycles. The molecular formula is C14H18N2OS. The van der Waals surface area contributed by atoms with Crippen LogP contribution in [0.1, 0.15) is 59.6 Å². The molecule has 0 saturated heterocycles. The van der Waals surface area contributed by atoms with E-state index in [4.69, 9.17) is 5.26 Å². The first kappa shape index (κ1) is 13.1. The molecule has 1 aromatic rings. The van der Waals surface area contributed by atoms with Crippen LogP contribution < -0.4 is 5.32 Å². The number of rotatable bonds is 4. The number of hydrogen-bond acceptors (Lipinski definition) is 3. The van der Waals surface area contributed by atoms with Gasteiger partial charge >= 0.3 is 0 Å². The second-order valence-electron chi connectivity index (χ2n) is 5.16. The van der Waals surface area contributed by atoms with Crippen LogP contribution in [-0.4, -0.2) is 11.4 Å². The predicted molar refractivity (Wildman–Crippen MR) is 72.8 cm³/mol. The molecule has 2 rings (SSSR count). The van der Waals surface area contributed by atoms with Crippen molar-refractivity contribution >= 4 is 17.2 Å². The lowest BCUT2D eigenvalue weighted by molar-refractivity contribution is 0.0945. The van der Waals surface area contributed by atoms with Gasteiger partial charge in [0.25, 0.3) is 5.91 Å². The van der Waals surface area contributed by atoms with Gasteiger partial charge in [0.05, 0.1) is 10.9 Å². The minimum Gasteiger partial charge on any atom is -0.333 e. The number of amides is 1. The fourth-order valence-corrected chi connectivity index (χ4v) is 3.14. The van der Waals surface area contributed by atoms with Gasteiger partial charge in [-0.2, -0.15) is 5.26 Å². The highest BCUT2D eigenvalue weighted by atomic mass is 32.1. The first-order valence-corrected chi connectivity index (χ1v) is 7.19. The van der Waals surface area contributed by atoms with E-state index in [1.165, 1.54) is 10.4 Å². The zero-order chi connectivity index (χ0) is 13.3. The Kier molecular flexibility index (Phi) is 3.45. The third-order valence-corrected chi connectivity index (χ3v) is 4.76. The van der Waals surface area contributed by atoms with Crippen molar-refractivity contribution in [1.82, 2.24) is 5.32 Å². The largest absolute Gasteiger partial charge is 0.333 e. The summed E-state index contributed by atoms with van der Waals surface area (Å²) in [5, 5.41) is 11.8. The predicted octanol–water partition coefficient (Wildman–Crippen LogP) is 3.22. The topological polar surface area (TPSA) is 52.9 Å². The summed E-state index contributed by atoms with van der Waals surface area (Å²) in [5.74, 6) is 0.345. The highest BCUT2D eigenvalue weighted by molar-refractivity contribution is 7.14. The van der Waals surface area contributed by atoms with E-state index in [1.54, 1.807) is 11.3 Å². The molecule has 0 unspecified atom stereocenters. The molecule has 1 saturated carbocycles. The summed E-state index contributed by atoms with van der Waals surface area (Å²) >= 11 is 1.56. The molecule has 0 aliphatic heterocycles. The number of carbonyl (C=O) groups is 1. The lowest BCUT2D eigenvalue weighted by Crippen LogP contribution is -2.35. The van der Waals surface area contributed by atoms with Crippen LogP contribution in [0.25, 0.3) is 0 Å². The van der Waals surface area contributed by atoms with E-state index in [1.807, 2.05) is 6.07 Å². The molecule has 3 nitrogen and oxygen atoms in total. The monoisotopic (exact) mass is 262 g/mol. The number of nitrogens with zero attached hydrogens (tertiary/aromatic N) is 1. The fraction of sp³-hybridized carbons (Fsp3) is 0.571. The molecule has 18 heavy (non-hydrogen) atoms. The third kappa shape index (κ3) is 2.41. The molecule has 0 atom stereocenters. The van der Waals surface area contributed by atoms with Crippen LogP contribution in [0, 0.1) is 11.3 Å². The van der Waals surface area contributed by atoms with Crippen molar-refractivity contribution < 1.29 is 4.79 Å². The second kappa shape index (κ2) is 4.74. The highest BCUT2D eigenvalue weighted by Crippen LogP contribution is 2.36. The molecule has 1 N–H and O–H groups in total. The quantitative estimate of drug-likeness (QED) is 0.905. The van der Waals surface area contributed by atoms with E-state index in [0.29, 0.717) is 5.92 Å². The van der Waals surface area contributed by atoms with Gasteiger partial charge in [0, 0.05) is 4.88 Å². The molecule has 0 aromatic carbocycles. The van der Waals surface area contributed by atoms with Gasteiger partial charge in [-0.1, -0.05) is 20.8 Å². The number of thiophene rings is 1. The van der Waals surface area contributed by atoms with E-state index >= 15 is 0 Å². The summed E-state index contributed by atoms with van der Waals surface area (Å²) < 4.78 is 0. The average molecular weight is 262 g/mol. The first-order valence-electron chi connectivity index (χ1n) is 6.37. The fourth-order valence-electron chi connectivity index (χ4n) is 1.99. The van der Waals surface area contributed by atoms with Gasteiger partial charge < -0.3 is 5.32 Å². The molecular weight excluding hydrogens is 244 g/mol. The summed E-state index contributed by atoms with van der Waals surface area (Å²) in [4.78, 5) is 14.1. The smallest absolute Gasteiger partial charge is 0.262 e. The van der Waals surface area contributed by atoms with Crippen molar-refractivity contribution in [2.75, 3.05) is 0 Å². The van der Waals surface area contributed by atoms with Crippen molar-refractivity contribution in [3.63, 3.8) is 0 Å². The van der Waals surface area contributed by atoms with Gasteiger partial charge in [-0.3, -0.25) is 4.79 Å². The summed E-state index contributed by atoms with van der Waals surface area (Å²) in [6.07, 6.45) is 2.50. The van der Waals surface area contributed by atoms with Gasteiger partial charge in [0.2, 0.25) is 0 Å². The first-order chi connectivity index (χ1) is 8.51. The Labute approximate surface area is 112 Å². The Bertz CT molecular complexity index is 506. The van der Waals surface area contributed by atoms with E-state index < -0.39 is 5.54 Å². The van der Waals surface area contributed by atoms with Crippen LogP contribution in [-0.2, 0) is 6.42 Å². The van der Waals surface area contributed by atoms with Gasteiger partial charge in [0.15, 0.2) is 0 Å².